The van der Waals surface area contributed by atoms with Crippen molar-refractivity contribution in [3.8, 4) is 5.75 Å². The van der Waals surface area contributed by atoms with Gasteiger partial charge in [-0.1, -0.05) is 0 Å². The third-order valence-corrected chi connectivity index (χ3v) is 5.27. The van der Waals surface area contributed by atoms with Crippen molar-refractivity contribution in [3.63, 3.8) is 0 Å². The number of ether oxygens (including phenoxy) is 2. The van der Waals surface area contributed by atoms with Crippen molar-refractivity contribution < 1.29 is 24.2 Å². The first kappa shape index (κ1) is 19.1. The fraction of sp³-hybridized carbons (Fsp3) is 0.318. The van der Waals surface area contributed by atoms with Crippen LogP contribution in [0, 0.1) is 0 Å². The molecule has 0 saturated carbocycles. The maximum absolute atomic E-state index is 12.9. The minimum atomic E-state index is -0.703. The van der Waals surface area contributed by atoms with E-state index in [1.807, 2.05) is 13.0 Å². The Labute approximate surface area is 168 Å². The Bertz CT molecular complexity index is 986. The van der Waals surface area contributed by atoms with Crippen LogP contribution in [0.5, 0.6) is 5.75 Å². The van der Waals surface area contributed by atoms with Crippen LogP contribution in [0.2, 0.25) is 0 Å². The molecule has 7 heteroatoms. The molecule has 1 fully saturated rings. The van der Waals surface area contributed by atoms with Crippen LogP contribution in [0.25, 0.3) is 5.76 Å². The molecule has 1 aromatic heterocycles. The number of pyridine rings is 1. The fourth-order valence-corrected chi connectivity index (χ4v) is 3.92. The number of methoxy groups -OCH3 is 1. The van der Waals surface area contributed by atoms with Gasteiger partial charge in [-0.05, 0) is 48.4 Å². The zero-order valence-corrected chi connectivity index (χ0v) is 16.3. The van der Waals surface area contributed by atoms with E-state index in [1.54, 1.807) is 36.7 Å². The highest BCUT2D eigenvalue weighted by molar-refractivity contribution is 6.46. The Hall–Kier alpha value is -3.19. The van der Waals surface area contributed by atoms with Crippen molar-refractivity contribution in [2.24, 2.45) is 0 Å². The Morgan fingerprint density at radius 2 is 2.03 bits per heavy atom. The third-order valence-electron chi connectivity index (χ3n) is 5.27. The molecule has 29 heavy (non-hydrogen) atoms. The van der Waals surface area contributed by atoms with Crippen molar-refractivity contribution in [2.45, 2.75) is 25.5 Å². The molecule has 1 aromatic carbocycles. The number of hydrogen-bond acceptors (Lipinski definition) is 6. The molecule has 1 saturated heterocycles. The molecule has 7 nitrogen and oxygen atoms in total. The minimum absolute atomic E-state index is 0.0684. The number of aliphatic hydroxyl groups excluding tert-OH is 1. The molecular weight excluding hydrogens is 372 g/mol. The standard InChI is InChI=1S/C22H22N2O5/c1-13-11-16-12-15(3-4-17(16)29-13)20(25)18-19(14-5-7-23-8-6-14)24(9-10-28-2)22(27)21(18)26/h3-8,12-13,19,25H,9-11H2,1-2H3. The first-order valence-electron chi connectivity index (χ1n) is 9.48. The highest BCUT2D eigenvalue weighted by Crippen LogP contribution is 2.40. The summed E-state index contributed by atoms with van der Waals surface area (Å²) in [6.07, 6.45) is 3.99. The number of nitrogens with zero attached hydrogens (tertiary/aromatic N) is 2. The molecule has 2 atom stereocenters. The lowest BCUT2D eigenvalue weighted by molar-refractivity contribution is -0.140. The quantitative estimate of drug-likeness (QED) is 0.476. The van der Waals surface area contributed by atoms with Crippen LogP contribution in [0.3, 0.4) is 0 Å². The Morgan fingerprint density at radius 1 is 1.28 bits per heavy atom. The Kier molecular flexibility index (Phi) is 5.07. The van der Waals surface area contributed by atoms with Gasteiger partial charge in [0.2, 0.25) is 0 Å². The summed E-state index contributed by atoms with van der Waals surface area (Å²) in [5.41, 5.74) is 2.24. The van der Waals surface area contributed by atoms with Gasteiger partial charge >= 0.3 is 0 Å². The fourth-order valence-electron chi connectivity index (χ4n) is 3.92. The van der Waals surface area contributed by atoms with Crippen LogP contribution in [0.4, 0.5) is 0 Å². The number of amides is 1. The zero-order valence-electron chi connectivity index (χ0n) is 16.3. The van der Waals surface area contributed by atoms with Crippen LogP contribution in [-0.4, -0.2) is 53.0 Å². The van der Waals surface area contributed by atoms with Crippen molar-refractivity contribution in [1.82, 2.24) is 9.88 Å². The average Bonchev–Trinajstić information content (AvgIpc) is 3.22. The second-order valence-corrected chi connectivity index (χ2v) is 7.22. The second-order valence-electron chi connectivity index (χ2n) is 7.22. The van der Waals surface area contributed by atoms with Gasteiger partial charge in [0.25, 0.3) is 11.7 Å². The molecule has 0 bridgehead atoms. The lowest BCUT2D eigenvalue weighted by Gasteiger charge is -2.24. The molecule has 2 aliphatic heterocycles. The van der Waals surface area contributed by atoms with Gasteiger partial charge in [0, 0.05) is 38.0 Å². The first-order valence-corrected chi connectivity index (χ1v) is 9.48. The SMILES string of the molecule is COCCN1C(=O)C(=O)C(=C(O)c2ccc3c(c2)CC(C)O3)C1c1ccncc1. The van der Waals surface area contributed by atoms with Gasteiger partial charge in [0.15, 0.2) is 0 Å². The van der Waals surface area contributed by atoms with Crippen LogP contribution < -0.4 is 4.74 Å². The molecule has 150 valence electrons. The van der Waals surface area contributed by atoms with Gasteiger partial charge < -0.3 is 19.5 Å². The molecular formula is C22H22N2O5. The van der Waals surface area contributed by atoms with Crippen molar-refractivity contribution >= 4 is 17.4 Å². The number of rotatable bonds is 5. The summed E-state index contributed by atoms with van der Waals surface area (Å²) >= 11 is 0. The van der Waals surface area contributed by atoms with E-state index in [4.69, 9.17) is 9.47 Å². The maximum Gasteiger partial charge on any atom is 0.295 e. The van der Waals surface area contributed by atoms with Crippen LogP contribution in [0.1, 0.15) is 29.7 Å². The number of hydrogen-bond donors (Lipinski definition) is 1. The van der Waals surface area contributed by atoms with Crippen molar-refractivity contribution in [1.29, 1.82) is 0 Å². The Morgan fingerprint density at radius 3 is 2.76 bits per heavy atom. The van der Waals surface area contributed by atoms with Crippen molar-refractivity contribution in [3.05, 3.63) is 65.0 Å². The van der Waals surface area contributed by atoms with Gasteiger partial charge in [-0.2, -0.15) is 0 Å². The molecule has 1 N–H and O–H groups in total. The number of carbonyl (C=O) groups is 2. The van der Waals surface area contributed by atoms with Crippen LogP contribution in [-0.2, 0) is 20.7 Å². The van der Waals surface area contributed by atoms with E-state index < -0.39 is 17.7 Å². The van der Waals surface area contributed by atoms with Gasteiger partial charge in [-0.3, -0.25) is 14.6 Å². The number of carbonyl (C=O) groups excluding carboxylic acids is 2. The Balaban J connectivity index is 1.82. The molecule has 1 amide bonds. The van der Waals surface area contributed by atoms with E-state index in [9.17, 15) is 14.7 Å². The number of benzene rings is 1. The summed E-state index contributed by atoms with van der Waals surface area (Å²) in [5, 5.41) is 11.1. The third kappa shape index (κ3) is 3.38. The van der Waals surface area contributed by atoms with E-state index in [0.717, 1.165) is 17.7 Å². The summed E-state index contributed by atoms with van der Waals surface area (Å²) in [6.45, 7) is 2.49. The lowest BCUT2D eigenvalue weighted by Crippen LogP contribution is -2.32. The summed E-state index contributed by atoms with van der Waals surface area (Å²) in [6, 6.07) is 8.09. The number of ketones is 1. The molecule has 2 unspecified atom stereocenters. The molecule has 2 aromatic rings. The molecule has 0 aliphatic carbocycles. The van der Waals surface area contributed by atoms with Crippen LogP contribution >= 0.6 is 0 Å². The zero-order chi connectivity index (χ0) is 20.5. The smallest absolute Gasteiger partial charge is 0.295 e. The van der Waals surface area contributed by atoms with E-state index in [0.29, 0.717) is 11.1 Å². The monoisotopic (exact) mass is 394 g/mol. The van der Waals surface area contributed by atoms with Gasteiger partial charge in [-0.15, -0.1) is 0 Å². The summed E-state index contributed by atoms with van der Waals surface area (Å²) in [7, 11) is 1.53. The molecule has 4 rings (SSSR count). The predicted octanol–water partition coefficient (Wildman–Crippen LogP) is 2.47. The number of aliphatic hydroxyl groups is 1. The topological polar surface area (TPSA) is 89.0 Å². The number of aromatic nitrogens is 1. The van der Waals surface area contributed by atoms with E-state index in [1.165, 1.54) is 12.0 Å². The maximum atomic E-state index is 12.9. The first-order chi connectivity index (χ1) is 14.0. The summed E-state index contributed by atoms with van der Waals surface area (Å²) in [4.78, 5) is 31.0. The highest BCUT2D eigenvalue weighted by Gasteiger charge is 2.45. The number of Topliss-reactive ketones (excluding diaryl/α,β-unsaturated/α-hetero) is 1. The van der Waals surface area contributed by atoms with E-state index in [-0.39, 0.29) is 30.6 Å². The predicted molar refractivity (Wildman–Crippen MR) is 105 cm³/mol. The summed E-state index contributed by atoms with van der Waals surface area (Å²) in [5.74, 6) is -0.762. The molecule has 0 spiro atoms. The lowest BCUT2D eigenvalue weighted by atomic mass is 9.95. The van der Waals surface area contributed by atoms with Gasteiger partial charge in [0.05, 0.1) is 18.2 Å². The van der Waals surface area contributed by atoms with Gasteiger partial charge in [0.1, 0.15) is 17.6 Å². The molecule has 3 heterocycles. The number of likely N-dealkylation sites (tertiary alicyclic amines) is 1. The molecule has 2 aliphatic rings. The van der Waals surface area contributed by atoms with Crippen molar-refractivity contribution in [2.75, 3.05) is 20.3 Å². The second kappa shape index (κ2) is 7.67. The highest BCUT2D eigenvalue weighted by atomic mass is 16.5. The minimum Gasteiger partial charge on any atom is -0.507 e. The van der Waals surface area contributed by atoms with E-state index >= 15 is 0 Å². The largest absolute Gasteiger partial charge is 0.507 e. The average molecular weight is 394 g/mol. The normalized spacial score (nSPS) is 22.6. The van der Waals surface area contributed by atoms with E-state index in [2.05, 4.69) is 4.98 Å². The molecule has 0 radical (unpaired) electrons. The van der Waals surface area contributed by atoms with Gasteiger partial charge in [-0.25, -0.2) is 0 Å². The van der Waals surface area contributed by atoms with Crippen LogP contribution in [0.15, 0.2) is 48.3 Å². The summed E-state index contributed by atoms with van der Waals surface area (Å²) < 4.78 is 10.8. The number of fused-ring (bicyclic) bond motifs is 1.